The molecule has 1 atom stereocenters. The molecule has 4 nitrogen and oxygen atoms in total. The Morgan fingerprint density at radius 3 is 2.40 bits per heavy atom. The van der Waals surface area contributed by atoms with Gasteiger partial charge in [-0.15, -0.1) is 0 Å². The average Bonchev–Trinajstić information content (AvgIpc) is 2.43. The van der Waals surface area contributed by atoms with Crippen LogP contribution >= 0.6 is 0 Å². The number of nitrogens with one attached hydrogen (secondary N) is 1. The largest absolute Gasteiger partial charge is 0.467 e. The van der Waals surface area contributed by atoms with Crippen molar-refractivity contribution < 1.29 is 14.3 Å². The Morgan fingerprint density at radius 2 is 1.95 bits per heavy atom. The molecule has 1 aliphatic carbocycles. The second-order valence-electron chi connectivity index (χ2n) is 5.23. The Labute approximate surface area is 119 Å². The molecular formula is C16H21NO3. The highest BCUT2D eigenvalue weighted by atomic mass is 16.5. The van der Waals surface area contributed by atoms with Gasteiger partial charge in [0, 0.05) is 5.92 Å². The van der Waals surface area contributed by atoms with Crippen molar-refractivity contribution in [1.29, 1.82) is 0 Å². The fourth-order valence-electron chi connectivity index (χ4n) is 2.56. The molecular weight excluding hydrogens is 254 g/mol. The summed E-state index contributed by atoms with van der Waals surface area (Å²) in [6, 6.07) is 9.30. The minimum Gasteiger partial charge on any atom is -0.467 e. The molecule has 1 saturated carbocycles. The minimum atomic E-state index is -1.08. The van der Waals surface area contributed by atoms with Crippen LogP contribution in [0.15, 0.2) is 30.3 Å². The van der Waals surface area contributed by atoms with Crippen LogP contribution in [0.2, 0.25) is 0 Å². The number of carbonyl (C=O) groups excluding carboxylic acids is 2. The summed E-state index contributed by atoms with van der Waals surface area (Å²) in [7, 11) is 1.35. The molecule has 1 aromatic carbocycles. The highest BCUT2D eigenvalue weighted by Crippen LogP contribution is 2.31. The van der Waals surface area contributed by atoms with Gasteiger partial charge in [-0.25, -0.2) is 4.79 Å². The fourth-order valence-corrected chi connectivity index (χ4v) is 2.56. The molecule has 0 saturated heterocycles. The number of hydrogen-bond donors (Lipinski definition) is 1. The number of amides is 1. The van der Waals surface area contributed by atoms with Gasteiger partial charge < -0.3 is 10.1 Å². The second kappa shape index (κ2) is 6.07. The van der Waals surface area contributed by atoms with Crippen molar-refractivity contribution in [2.75, 3.05) is 7.11 Å². The zero-order valence-electron chi connectivity index (χ0n) is 12.0. The molecule has 1 N–H and O–H groups in total. The molecule has 20 heavy (non-hydrogen) atoms. The van der Waals surface area contributed by atoms with Crippen LogP contribution in [0.1, 0.15) is 38.2 Å². The van der Waals surface area contributed by atoms with E-state index in [2.05, 4.69) is 5.32 Å². The summed E-state index contributed by atoms with van der Waals surface area (Å²) in [6.07, 6.45) is 3.35. The number of esters is 1. The first-order valence-electron chi connectivity index (χ1n) is 7.10. The monoisotopic (exact) mass is 275 g/mol. The number of methoxy groups -OCH3 is 1. The van der Waals surface area contributed by atoms with Gasteiger partial charge in [0.1, 0.15) is 0 Å². The van der Waals surface area contributed by atoms with E-state index in [-0.39, 0.29) is 11.8 Å². The molecule has 1 aromatic rings. The van der Waals surface area contributed by atoms with Gasteiger partial charge in [-0.05, 0) is 24.8 Å². The number of benzene rings is 1. The molecule has 0 aliphatic heterocycles. The predicted octanol–water partition coefficient (Wildman–Crippen LogP) is 2.38. The number of hydrogen-bond acceptors (Lipinski definition) is 3. The molecule has 0 radical (unpaired) electrons. The standard InChI is InChI=1S/C16H21NO3/c1-3-16(15(19)20-2,13-10-5-4-6-11-13)17-14(18)12-8-7-9-12/h4-6,10-12H,3,7-9H2,1-2H3,(H,17,18)/t16-/m1/s1. The zero-order chi connectivity index (χ0) is 14.6. The highest BCUT2D eigenvalue weighted by Gasteiger charge is 2.43. The second-order valence-corrected chi connectivity index (χ2v) is 5.23. The summed E-state index contributed by atoms with van der Waals surface area (Å²) in [5, 5.41) is 2.94. The normalized spacial score (nSPS) is 17.7. The Balaban J connectivity index is 2.32. The van der Waals surface area contributed by atoms with E-state index in [1.165, 1.54) is 7.11 Å². The predicted molar refractivity (Wildman–Crippen MR) is 75.9 cm³/mol. The van der Waals surface area contributed by atoms with Crippen molar-refractivity contribution in [2.24, 2.45) is 5.92 Å². The molecule has 1 aliphatic rings. The van der Waals surface area contributed by atoms with Crippen LogP contribution in [-0.4, -0.2) is 19.0 Å². The molecule has 1 amide bonds. The van der Waals surface area contributed by atoms with E-state index in [1.54, 1.807) is 0 Å². The Hall–Kier alpha value is -1.84. The van der Waals surface area contributed by atoms with Gasteiger partial charge in [-0.2, -0.15) is 0 Å². The Bertz CT molecular complexity index is 482. The fraction of sp³-hybridized carbons (Fsp3) is 0.500. The summed E-state index contributed by atoms with van der Waals surface area (Å²) in [4.78, 5) is 24.6. The SMILES string of the molecule is CC[C@](NC(=O)C1CCC1)(C(=O)OC)c1ccccc1. The van der Waals surface area contributed by atoms with Gasteiger partial charge in [-0.3, -0.25) is 4.79 Å². The first-order valence-corrected chi connectivity index (χ1v) is 7.10. The van der Waals surface area contributed by atoms with Gasteiger partial charge in [0.25, 0.3) is 0 Å². The lowest BCUT2D eigenvalue weighted by Gasteiger charge is -2.34. The lowest BCUT2D eigenvalue weighted by molar-refractivity contribution is -0.152. The Kier molecular flexibility index (Phi) is 4.42. The molecule has 2 rings (SSSR count). The van der Waals surface area contributed by atoms with Crippen molar-refractivity contribution in [3.8, 4) is 0 Å². The zero-order valence-corrected chi connectivity index (χ0v) is 12.0. The van der Waals surface area contributed by atoms with E-state index in [0.717, 1.165) is 24.8 Å². The van der Waals surface area contributed by atoms with Crippen molar-refractivity contribution >= 4 is 11.9 Å². The van der Waals surface area contributed by atoms with Gasteiger partial charge >= 0.3 is 5.97 Å². The third kappa shape index (κ3) is 2.55. The molecule has 4 heteroatoms. The van der Waals surface area contributed by atoms with Crippen LogP contribution in [0.3, 0.4) is 0 Å². The van der Waals surface area contributed by atoms with E-state index in [9.17, 15) is 9.59 Å². The van der Waals surface area contributed by atoms with Crippen molar-refractivity contribution in [2.45, 2.75) is 38.1 Å². The molecule has 0 heterocycles. The summed E-state index contributed by atoms with van der Waals surface area (Å²) in [6.45, 7) is 1.88. The summed E-state index contributed by atoms with van der Waals surface area (Å²) in [5.74, 6) is -0.430. The summed E-state index contributed by atoms with van der Waals surface area (Å²) in [5.41, 5.74) is -0.315. The van der Waals surface area contributed by atoms with E-state index < -0.39 is 11.5 Å². The average molecular weight is 275 g/mol. The number of ether oxygens (including phenoxy) is 1. The maximum Gasteiger partial charge on any atom is 0.336 e. The van der Waals surface area contributed by atoms with Crippen molar-refractivity contribution in [1.82, 2.24) is 5.32 Å². The molecule has 1 fully saturated rings. The van der Waals surface area contributed by atoms with Crippen molar-refractivity contribution in [3.05, 3.63) is 35.9 Å². The van der Waals surface area contributed by atoms with E-state index in [1.807, 2.05) is 37.3 Å². The summed E-state index contributed by atoms with van der Waals surface area (Å²) >= 11 is 0. The van der Waals surface area contributed by atoms with E-state index in [4.69, 9.17) is 4.74 Å². The smallest absolute Gasteiger partial charge is 0.336 e. The minimum absolute atomic E-state index is 0.0364. The van der Waals surface area contributed by atoms with Crippen LogP contribution in [0.4, 0.5) is 0 Å². The van der Waals surface area contributed by atoms with Gasteiger partial charge in [0.2, 0.25) is 5.91 Å². The molecule has 108 valence electrons. The summed E-state index contributed by atoms with van der Waals surface area (Å²) < 4.78 is 4.94. The van der Waals surface area contributed by atoms with Crippen molar-refractivity contribution in [3.63, 3.8) is 0 Å². The number of rotatable bonds is 5. The number of carbonyl (C=O) groups is 2. The maximum absolute atomic E-state index is 12.3. The maximum atomic E-state index is 12.3. The van der Waals surface area contributed by atoms with Crippen LogP contribution in [0.25, 0.3) is 0 Å². The van der Waals surface area contributed by atoms with Crippen LogP contribution in [-0.2, 0) is 19.9 Å². The van der Waals surface area contributed by atoms with Gasteiger partial charge in [-0.1, -0.05) is 43.7 Å². The van der Waals surface area contributed by atoms with E-state index in [0.29, 0.717) is 6.42 Å². The quantitative estimate of drug-likeness (QED) is 0.839. The van der Waals surface area contributed by atoms with Crippen LogP contribution in [0.5, 0.6) is 0 Å². The molecule has 0 spiro atoms. The van der Waals surface area contributed by atoms with Gasteiger partial charge in [0.15, 0.2) is 5.54 Å². The van der Waals surface area contributed by atoms with Crippen LogP contribution < -0.4 is 5.32 Å². The van der Waals surface area contributed by atoms with Crippen LogP contribution in [0, 0.1) is 5.92 Å². The molecule has 0 unspecified atom stereocenters. The van der Waals surface area contributed by atoms with E-state index >= 15 is 0 Å². The first-order chi connectivity index (χ1) is 9.64. The highest BCUT2D eigenvalue weighted by molar-refractivity contribution is 5.90. The molecule has 0 aromatic heterocycles. The third-order valence-corrected chi connectivity index (χ3v) is 4.14. The lowest BCUT2D eigenvalue weighted by Crippen LogP contribution is -2.54. The Morgan fingerprint density at radius 1 is 1.30 bits per heavy atom. The van der Waals surface area contributed by atoms with Gasteiger partial charge in [0.05, 0.1) is 7.11 Å². The third-order valence-electron chi connectivity index (χ3n) is 4.14. The topological polar surface area (TPSA) is 55.4 Å². The molecule has 0 bridgehead atoms. The lowest BCUT2D eigenvalue weighted by atomic mass is 9.82. The first kappa shape index (κ1) is 14.6.